The van der Waals surface area contributed by atoms with E-state index in [1.807, 2.05) is 12.1 Å². The normalized spacial score (nSPS) is 13.9. The van der Waals surface area contributed by atoms with E-state index in [0.29, 0.717) is 10.0 Å². The molecule has 3 unspecified atom stereocenters. The Morgan fingerprint density at radius 1 is 1.00 bits per heavy atom. The molecule has 162 valence electrons. The second kappa shape index (κ2) is 11.3. The van der Waals surface area contributed by atoms with Gasteiger partial charge in [-0.25, -0.2) is 4.79 Å². The van der Waals surface area contributed by atoms with Gasteiger partial charge in [0.2, 0.25) is 5.91 Å². The molecule has 30 heavy (non-hydrogen) atoms. The van der Waals surface area contributed by atoms with E-state index in [1.54, 1.807) is 30.3 Å². The van der Waals surface area contributed by atoms with Gasteiger partial charge in [-0.15, -0.1) is 0 Å². The van der Waals surface area contributed by atoms with Crippen molar-refractivity contribution in [2.24, 2.45) is 0 Å². The number of ether oxygens (including phenoxy) is 2. The number of hydrogen-bond donors (Lipinski definition) is 3. The molecule has 0 aliphatic heterocycles. The van der Waals surface area contributed by atoms with Gasteiger partial charge >= 0.3 is 5.97 Å². The molecule has 0 fully saturated rings. The maximum Gasteiger partial charge on any atom is 0.337 e. The molecule has 0 radical (unpaired) electrons. The Kier molecular flexibility index (Phi) is 9.08. The van der Waals surface area contributed by atoms with Crippen LogP contribution in [-0.2, 0) is 25.5 Å². The number of esters is 1. The lowest BCUT2D eigenvalue weighted by molar-refractivity contribution is -0.158. The van der Waals surface area contributed by atoms with Crippen LogP contribution in [0.4, 0.5) is 0 Å². The molecule has 3 N–H and O–H groups in total. The quantitative estimate of drug-likeness (QED) is 0.500. The topological polar surface area (TPSA) is 105 Å². The number of aliphatic hydroxyl groups excluding tert-OH is 2. The van der Waals surface area contributed by atoms with Gasteiger partial charge in [-0.2, -0.15) is 0 Å². The lowest BCUT2D eigenvalue weighted by atomic mass is 9.96. The fourth-order valence-corrected chi connectivity index (χ4v) is 3.45. The number of halogens is 2. The highest BCUT2D eigenvalue weighted by molar-refractivity contribution is 6.35. The first kappa shape index (κ1) is 24.1. The number of carbonyl (C=O) groups excluding carboxylic acids is 2. The number of rotatable bonds is 9. The number of amides is 1. The maximum absolute atomic E-state index is 11.9. The Bertz CT molecular complexity index is 854. The fourth-order valence-electron chi connectivity index (χ4n) is 2.92. The summed E-state index contributed by atoms with van der Waals surface area (Å²) >= 11 is 12.1. The van der Waals surface area contributed by atoms with Gasteiger partial charge in [0, 0.05) is 17.2 Å². The molecule has 2 rings (SSSR count). The van der Waals surface area contributed by atoms with Crippen LogP contribution in [0.5, 0.6) is 0 Å². The van der Waals surface area contributed by atoms with Crippen LogP contribution in [0.2, 0.25) is 10.0 Å². The molecule has 0 spiro atoms. The van der Waals surface area contributed by atoms with E-state index in [-0.39, 0.29) is 13.0 Å². The van der Waals surface area contributed by atoms with E-state index in [9.17, 15) is 19.8 Å². The molecular formula is C21H23Cl2NO6. The number of nitrogens with one attached hydrogen (secondary N) is 1. The zero-order valence-corrected chi connectivity index (χ0v) is 18.0. The van der Waals surface area contributed by atoms with Gasteiger partial charge in [-0.05, 0) is 41.3 Å². The fraction of sp³-hybridized carbons (Fsp3) is 0.333. The molecule has 1 amide bonds. The third kappa shape index (κ3) is 6.68. The molecule has 0 aromatic heterocycles. The summed E-state index contributed by atoms with van der Waals surface area (Å²) in [6, 6.07) is 11.5. The molecule has 0 heterocycles. The molecule has 3 atom stereocenters. The number of hydrogen-bond acceptors (Lipinski definition) is 6. The number of aliphatic hydroxyl groups is 2. The molecule has 2 aromatic carbocycles. The highest BCUT2D eigenvalue weighted by Crippen LogP contribution is 2.27. The van der Waals surface area contributed by atoms with Gasteiger partial charge in [-0.3, -0.25) is 4.79 Å². The lowest BCUT2D eigenvalue weighted by Crippen LogP contribution is -2.52. The van der Waals surface area contributed by atoms with Crippen molar-refractivity contribution in [2.75, 3.05) is 20.8 Å². The van der Waals surface area contributed by atoms with Crippen LogP contribution in [0, 0.1) is 0 Å². The van der Waals surface area contributed by atoms with Gasteiger partial charge in [-0.1, -0.05) is 47.5 Å². The van der Waals surface area contributed by atoms with E-state index < -0.39 is 30.1 Å². The molecule has 9 heteroatoms. The molecule has 2 aromatic rings. The minimum absolute atomic E-state index is 0.154. The Morgan fingerprint density at radius 3 is 2.13 bits per heavy atom. The molecule has 0 aliphatic rings. The summed E-state index contributed by atoms with van der Waals surface area (Å²) in [5.41, 5.74) is 2.47. The summed E-state index contributed by atoms with van der Waals surface area (Å²) in [5.74, 6) is -1.49. The molecule has 0 aliphatic carbocycles. The molecule has 0 saturated carbocycles. The van der Waals surface area contributed by atoms with Gasteiger partial charge < -0.3 is 25.0 Å². The SMILES string of the molecule is COCC(=O)NC(Cc1ccc(-c2cc(Cl)cc(Cl)c2)cc1)C(O)C(O)C(=O)OC. The summed E-state index contributed by atoms with van der Waals surface area (Å²) in [7, 11) is 2.45. The van der Waals surface area contributed by atoms with E-state index >= 15 is 0 Å². The van der Waals surface area contributed by atoms with Crippen molar-refractivity contribution in [1.29, 1.82) is 0 Å². The van der Waals surface area contributed by atoms with Gasteiger partial charge in [0.1, 0.15) is 12.7 Å². The largest absolute Gasteiger partial charge is 0.467 e. The van der Waals surface area contributed by atoms with Gasteiger partial charge in [0.15, 0.2) is 6.10 Å². The molecule has 7 nitrogen and oxygen atoms in total. The first-order valence-corrected chi connectivity index (χ1v) is 9.78. The Labute approximate surface area is 184 Å². The average Bonchev–Trinajstić information content (AvgIpc) is 2.71. The number of benzene rings is 2. The van der Waals surface area contributed by atoms with Crippen LogP contribution in [0.15, 0.2) is 42.5 Å². The Balaban J connectivity index is 2.21. The summed E-state index contributed by atoms with van der Waals surface area (Å²) in [4.78, 5) is 23.5. The van der Waals surface area contributed by atoms with Gasteiger partial charge in [0.25, 0.3) is 0 Å². The van der Waals surface area contributed by atoms with Crippen LogP contribution in [0.1, 0.15) is 5.56 Å². The highest BCUT2D eigenvalue weighted by Gasteiger charge is 2.33. The minimum atomic E-state index is -1.81. The van der Waals surface area contributed by atoms with Gasteiger partial charge in [0.05, 0.1) is 13.2 Å². The van der Waals surface area contributed by atoms with Crippen LogP contribution in [-0.4, -0.2) is 61.2 Å². The van der Waals surface area contributed by atoms with Crippen LogP contribution < -0.4 is 5.32 Å². The van der Waals surface area contributed by atoms with E-state index in [1.165, 1.54) is 7.11 Å². The third-order valence-electron chi connectivity index (χ3n) is 4.41. The summed E-state index contributed by atoms with van der Waals surface area (Å²) in [6.45, 7) is -0.230. The first-order chi connectivity index (χ1) is 14.2. The maximum atomic E-state index is 11.9. The zero-order valence-electron chi connectivity index (χ0n) is 16.5. The smallest absolute Gasteiger partial charge is 0.337 e. The van der Waals surface area contributed by atoms with Crippen molar-refractivity contribution in [3.8, 4) is 11.1 Å². The van der Waals surface area contributed by atoms with E-state index in [2.05, 4.69) is 10.1 Å². The minimum Gasteiger partial charge on any atom is -0.467 e. The monoisotopic (exact) mass is 455 g/mol. The third-order valence-corrected chi connectivity index (χ3v) is 4.84. The van der Waals surface area contributed by atoms with Crippen molar-refractivity contribution in [3.05, 3.63) is 58.1 Å². The Morgan fingerprint density at radius 2 is 1.60 bits per heavy atom. The first-order valence-electron chi connectivity index (χ1n) is 9.02. The Hall–Kier alpha value is -2.16. The predicted octanol–water partition coefficient (Wildman–Crippen LogP) is 2.23. The van der Waals surface area contributed by atoms with Crippen molar-refractivity contribution in [3.63, 3.8) is 0 Å². The lowest BCUT2D eigenvalue weighted by Gasteiger charge is -2.26. The molecule has 0 saturated heterocycles. The second-order valence-corrected chi connectivity index (χ2v) is 7.50. The highest BCUT2D eigenvalue weighted by atomic mass is 35.5. The van der Waals surface area contributed by atoms with Crippen molar-refractivity contribution < 1.29 is 29.3 Å². The van der Waals surface area contributed by atoms with Crippen LogP contribution in [0.25, 0.3) is 11.1 Å². The molecular weight excluding hydrogens is 433 g/mol. The second-order valence-electron chi connectivity index (χ2n) is 6.62. The number of carbonyl (C=O) groups is 2. The standard InChI is InChI=1S/C21H23Cl2NO6/c1-29-11-18(25)24-17(19(26)20(27)21(28)30-2)7-12-3-5-13(6-4-12)14-8-15(22)10-16(23)9-14/h3-6,8-10,17,19-20,26-27H,7,11H2,1-2H3,(H,24,25). The zero-order chi connectivity index (χ0) is 22.3. The van der Waals surface area contributed by atoms with Crippen LogP contribution >= 0.6 is 23.2 Å². The van der Waals surface area contributed by atoms with Crippen molar-refractivity contribution >= 4 is 35.1 Å². The van der Waals surface area contributed by atoms with E-state index in [0.717, 1.165) is 23.8 Å². The average molecular weight is 456 g/mol. The summed E-state index contributed by atoms with van der Waals surface area (Å²) in [5, 5.41) is 24.0. The summed E-state index contributed by atoms with van der Waals surface area (Å²) in [6.07, 6.45) is -3.23. The van der Waals surface area contributed by atoms with E-state index in [4.69, 9.17) is 27.9 Å². The van der Waals surface area contributed by atoms with Crippen molar-refractivity contribution in [2.45, 2.75) is 24.7 Å². The molecule has 0 bridgehead atoms. The summed E-state index contributed by atoms with van der Waals surface area (Å²) < 4.78 is 9.24. The number of methoxy groups -OCH3 is 2. The van der Waals surface area contributed by atoms with Crippen molar-refractivity contribution in [1.82, 2.24) is 5.32 Å². The predicted molar refractivity (Wildman–Crippen MR) is 113 cm³/mol. The van der Waals surface area contributed by atoms with Crippen LogP contribution in [0.3, 0.4) is 0 Å².